The van der Waals surface area contributed by atoms with Gasteiger partial charge in [0, 0.05) is 11.3 Å². The Balaban J connectivity index is 2.31. The number of aryl methyl sites for hydroxylation is 1. The highest BCUT2D eigenvalue weighted by atomic mass is 32.2. The van der Waals surface area contributed by atoms with Crippen LogP contribution in [-0.4, -0.2) is 17.7 Å². The molecule has 1 rings (SSSR count). The van der Waals surface area contributed by atoms with Crippen LogP contribution in [0.1, 0.15) is 18.4 Å². The van der Waals surface area contributed by atoms with Crippen LogP contribution >= 0.6 is 11.8 Å². The highest BCUT2D eigenvalue weighted by molar-refractivity contribution is 8.00. The summed E-state index contributed by atoms with van der Waals surface area (Å²) in [5.41, 5.74) is 1.11. The first-order chi connectivity index (χ1) is 7.87. The summed E-state index contributed by atoms with van der Waals surface area (Å²) in [7, 11) is 0. The van der Waals surface area contributed by atoms with E-state index >= 15 is 0 Å². The molecule has 1 nitrogen and oxygen atoms in total. The van der Waals surface area contributed by atoms with Gasteiger partial charge in [0.1, 0.15) is 5.78 Å². The molecule has 0 unspecified atom stereocenters. The number of Topliss-reactive ketones (excluding diaryl/α,β-unsaturated/α-hetero) is 1. The average Bonchev–Trinajstić information content (AvgIpc) is 2.25. The van der Waals surface area contributed by atoms with Crippen LogP contribution in [0.15, 0.2) is 29.2 Å². The molecular weight excluding hydrogens is 249 g/mol. The second-order valence-electron chi connectivity index (χ2n) is 3.76. The molecule has 5 heteroatoms. The third-order valence-electron chi connectivity index (χ3n) is 2.11. The van der Waals surface area contributed by atoms with Gasteiger partial charge in [-0.3, -0.25) is 4.79 Å². The van der Waals surface area contributed by atoms with Crippen LogP contribution in [0.5, 0.6) is 0 Å². The van der Waals surface area contributed by atoms with Gasteiger partial charge >= 0.3 is 6.18 Å². The van der Waals surface area contributed by atoms with Crippen molar-refractivity contribution in [3.8, 4) is 0 Å². The third-order valence-corrected chi connectivity index (χ3v) is 3.18. The van der Waals surface area contributed by atoms with Crippen LogP contribution < -0.4 is 0 Å². The van der Waals surface area contributed by atoms with Crippen molar-refractivity contribution in [3.63, 3.8) is 0 Å². The van der Waals surface area contributed by atoms with E-state index in [4.69, 9.17) is 0 Å². The van der Waals surface area contributed by atoms with Crippen LogP contribution in [0.25, 0.3) is 0 Å². The number of carbonyl (C=O) groups excluding carboxylic acids is 1. The van der Waals surface area contributed by atoms with Gasteiger partial charge in [-0.15, -0.1) is 11.8 Å². The molecule has 0 radical (unpaired) electrons. The predicted octanol–water partition coefficient (Wildman–Crippen LogP) is 4.00. The van der Waals surface area contributed by atoms with Crippen LogP contribution in [0.3, 0.4) is 0 Å². The van der Waals surface area contributed by atoms with Crippen molar-refractivity contribution >= 4 is 17.5 Å². The minimum Gasteiger partial charge on any atom is -0.299 e. The fourth-order valence-corrected chi connectivity index (χ4v) is 1.95. The number of benzene rings is 1. The second-order valence-corrected chi connectivity index (χ2v) is 4.80. The highest BCUT2D eigenvalue weighted by Gasteiger charge is 2.27. The summed E-state index contributed by atoms with van der Waals surface area (Å²) >= 11 is 1.27. The topological polar surface area (TPSA) is 17.1 Å². The molecule has 0 bridgehead atoms. The summed E-state index contributed by atoms with van der Waals surface area (Å²) < 4.78 is 35.6. The number of hydrogen-bond donors (Lipinski definition) is 0. The van der Waals surface area contributed by atoms with Crippen molar-refractivity contribution in [1.82, 2.24) is 0 Å². The number of halogens is 3. The van der Waals surface area contributed by atoms with E-state index in [1.807, 2.05) is 31.2 Å². The highest BCUT2D eigenvalue weighted by Crippen LogP contribution is 2.23. The summed E-state index contributed by atoms with van der Waals surface area (Å²) in [6.45, 7) is 1.95. The Kier molecular flexibility index (Phi) is 5.05. The molecule has 0 aromatic heterocycles. The lowest BCUT2D eigenvalue weighted by Crippen LogP contribution is -2.11. The molecule has 0 saturated heterocycles. The summed E-state index contributed by atoms with van der Waals surface area (Å²) in [5.74, 6) is -0.271. The molecule has 0 aliphatic heterocycles. The molecule has 1 aromatic carbocycles. The molecule has 94 valence electrons. The lowest BCUT2D eigenvalue weighted by atomic mass is 10.2. The zero-order chi connectivity index (χ0) is 12.9. The largest absolute Gasteiger partial charge is 0.389 e. The zero-order valence-corrected chi connectivity index (χ0v) is 10.2. The fraction of sp³-hybridized carbons (Fsp3) is 0.417. The zero-order valence-electron chi connectivity index (χ0n) is 9.38. The number of thioether (sulfide) groups is 1. The van der Waals surface area contributed by atoms with E-state index < -0.39 is 19.0 Å². The standard InChI is InChI=1S/C12H13F3OS/c1-9-2-4-11(5-3-9)17-8-10(16)6-7-12(13,14)15/h2-5H,6-8H2,1H3. The molecule has 0 saturated carbocycles. The lowest BCUT2D eigenvalue weighted by Gasteiger charge is -2.05. The van der Waals surface area contributed by atoms with Gasteiger partial charge in [-0.1, -0.05) is 17.7 Å². The minimum absolute atomic E-state index is 0.0964. The smallest absolute Gasteiger partial charge is 0.299 e. The molecule has 0 atom stereocenters. The van der Waals surface area contributed by atoms with Crippen molar-refractivity contribution in [2.45, 2.75) is 30.8 Å². The van der Waals surface area contributed by atoms with Crippen LogP contribution in [0.2, 0.25) is 0 Å². The molecular formula is C12H13F3OS. The minimum atomic E-state index is -4.25. The van der Waals surface area contributed by atoms with Crippen LogP contribution in [0.4, 0.5) is 13.2 Å². The summed E-state index contributed by atoms with van der Waals surface area (Å²) in [5, 5.41) is 0. The second kappa shape index (κ2) is 6.10. The summed E-state index contributed by atoms with van der Waals surface area (Å²) in [6, 6.07) is 7.53. The fourth-order valence-electron chi connectivity index (χ4n) is 1.15. The van der Waals surface area contributed by atoms with E-state index in [-0.39, 0.29) is 11.5 Å². The normalized spacial score (nSPS) is 11.5. The van der Waals surface area contributed by atoms with Crippen molar-refractivity contribution in [2.75, 3.05) is 5.75 Å². The van der Waals surface area contributed by atoms with Crippen molar-refractivity contribution in [1.29, 1.82) is 0 Å². The quantitative estimate of drug-likeness (QED) is 0.746. The van der Waals surface area contributed by atoms with Gasteiger partial charge in [-0.2, -0.15) is 13.2 Å². The van der Waals surface area contributed by atoms with Crippen molar-refractivity contribution < 1.29 is 18.0 Å². The number of carbonyl (C=O) groups is 1. The van der Waals surface area contributed by atoms with E-state index in [1.54, 1.807) is 0 Å². The Bertz CT molecular complexity index is 370. The third kappa shape index (κ3) is 6.36. The molecule has 17 heavy (non-hydrogen) atoms. The molecule has 0 amide bonds. The summed E-state index contributed by atoms with van der Waals surface area (Å²) in [6.07, 6.45) is -5.70. The van der Waals surface area contributed by atoms with Gasteiger partial charge in [0.05, 0.1) is 12.2 Å². The SMILES string of the molecule is Cc1ccc(SCC(=O)CCC(F)(F)F)cc1. The first-order valence-electron chi connectivity index (χ1n) is 5.15. The Morgan fingerprint density at radius 1 is 1.24 bits per heavy atom. The maximum Gasteiger partial charge on any atom is 0.389 e. The van der Waals surface area contributed by atoms with E-state index in [2.05, 4.69) is 0 Å². The Morgan fingerprint density at radius 3 is 2.35 bits per heavy atom. The summed E-state index contributed by atoms with van der Waals surface area (Å²) in [4.78, 5) is 12.1. The average molecular weight is 262 g/mol. The molecule has 0 spiro atoms. The first-order valence-corrected chi connectivity index (χ1v) is 6.13. The van der Waals surface area contributed by atoms with Gasteiger partial charge in [-0.25, -0.2) is 0 Å². The van der Waals surface area contributed by atoms with Crippen LogP contribution in [0, 0.1) is 6.92 Å². The maximum absolute atomic E-state index is 11.9. The van der Waals surface area contributed by atoms with E-state index in [9.17, 15) is 18.0 Å². The molecule has 0 aliphatic rings. The number of alkyl halides is 3. The van der Waals surface area contributed by atoms with Gasteiger partial charge < -0.3 is 0 Å². The number of ketones is 1. The molecule has 0 heterocycles. The lowest BCUT2D eigenvalue weighted by molar-refractivity contribution is -0.142. The predicted molar refractivity (Wildman–Crippen MR) is 62.2 cm³/mol. The molecule has 0 N–H and O–H groups in total. The Morgan fingerprint density at radius 2 is 1.82 bits per heavy atom. The first kappa shape index (κ1) is 14.1. The molecule has 0 fully saturated rings. The van der Waals surface area contributed by atoms with Gasteiger partial charge in [-0.05, 0) is 19.1 Å². The number of rotatable bonds is 5. The van der Waals surface area contributed by atoms with Crippen molar-refractivity contribution in [2.24, 2.45) is 0 Å². The monoisotopic (exact) mass is 262 g/mol. The molecule has 0 aliphatic carbocycles. The number of hydrogen-bond acceptors (Lipinski definition) is 2. The Hall–Kier alpha value is -0.970. The van der Waals surface area contributed by atoms with Crippen LogP contribution in [-0.2, 0) is 4.79 Å². The van der Waals surface area contributed by atoms with Crippen molar-refractivity contribution in [3.05, 3.63) is 29.8 Å². The molecule has 1 aromatic rings. The Labute approximate surface area is 102 Å². The maximum atomic E-state index is 11.9. The van der Waals surface area contributed by atoms with Gasteiger partial charge in [0.25, 0.3) is 0 Å². The van der Waals surface area contributed by atoms with E-state index in [0.717, 1.165) is 10.5 Å². The van der Waals surface area contributed by atoms with Gasteiger partial charge in [0.2, 0.25) is 0 Å². The van der Waals surface area contributed by atoms with E-state index in [1.165, 1.54) is 11.8 Å². The van der Waals surface area contributed by atoms with Gasteiger partial charge in [0.15, 0.2) is 0 Å². The van der Waals surface area contributed by atoms with E-state index in [0.29, 0.717) is 0 Å².